The number of likely N-dealkylation sites (N-methyl/N-ethyl adjacent to an activating group) is 1. The predicted octanol–water partition coefficient (Wildman–Crippen LogP) is 3.80. The Hall–Kier alpha value is -2.56. The first kappa shape index (κ1) is 22.2. The van der Waals surface area contributed by atoms with E-state index in [4.69, 9.17) is 4.98 Å². The quantitative estimate of drug-likeness (QED) is 0.516. The molecule has 8 nitrogen and oxygen atoms in total. The number of rotatable bonds is 8. The SMILES string of the molecule is Cc1cnc(Nc2nc(Sc3ccc(CC(=O)C4CC4)cc3)nc(N3CCN(C)CC3)n2)s1. The number of nitrogens with zero attached hydrogens (tertiary/aromatic N) is 6. The monoisotopic (exact) mass is 481 g/mol. The van der Waals surface area contributed by atoms with E-state index in [1.807, 2.05) is 37.4 Å². The number of ketones is 1. The summed E-state index contributed by atoms with van der Waals surface area (Å²) in [4.78, 5) is 37.2. The van der Waals surface area contributed by atoms with Gasteiger partial charge in [0.15, 0.2) is 10.3 Å². The number of nitrogens with one attached hydrogen (secondary N) is 1. The van der Waals surface area contributed by atoms with Gasteiger partial charge in [0.2, 0.25) is 11.9 Å². The number of Topliss-reactive ketones (excluding diaryl/α,β-unsaturated/α-hetero) is 1. The molecule has 1 aliphatic carbocycles. The Bertz CT molecular complexity index is 1120. The Labute approximate surface area is 201 Å². The van der Waals surface area contributed by atoms with Gasteiger partial charge in [-0.1, -0.05) is 12.1 Å². The standard InChI is InChI=1S/C23H27N7OS2/c1-15-14-24-22(32-15)26-20-25-21(30-11-9-29(2)10-12-30)28-23(27-20)33-18-7-3-16(4-8-18)13-19(31)17-5-6-17/h3-4,7-8,14,17H,5-6,9-13H2,1-2H3,(H,24,25,26,27,28). The molecule has 2 aromatic heterocycles. The second-order valence-corrected chi connectivity index (χ2v) is 10.9. The minimum atomic E-state index is 0.296. The van der Waals surface area contributed by atoms with Crippen LogP contribution in [0, 0.1) is 12.8 Å². The summed E-state index contributed by atoms with van der Waals surface area (Å²) < 4.78 is 0. The molecule has 33 heavy (non-hydrogen) atoms. The topological polar surface area (TPSA) is 87.1 Å². The normalized spacial score (nSPS) is 16.7. The Morgan fingerprint density at radius 3 is 2.55 bits per heavy atom. The van der Waals surface area contributed by atoms with Crippen LogP contribution in [0.5, 0.6) is 0 Å². The molecule has 3 aromatic rings. The lowest BCUT2D eigenvalue weighted by Gasteiger charge is -2.32. The maximum Gasteiger partial charge on any atom is 0.234 e. The molecule has 1 saturated carbocycles. The Balaban J connectivity index is 1.35. The summed E-state index contributed by atoms with van der Waals surface area (Å²) in [6, 6.07) is 8.14. The average molecular weight is 482 g/mol. The van der Waals surface area contributed by atoms with Crippen LogP contribution in [0.25, 0.3) is 0 Å². The number of hydrogen-bond donors (Lipinski definition) is 1. The first-order chi connectivity index (χ1) is 16.0. The van der Waals surface area contributed by atoms with Gasteiger partial charge < -0.3 is 9.80 Å². The first-order valence-corrected chi connectivity index (χ1v) is 12.8. The van der Waals surface area contributed by atoms with Gasteiger partial charge in [0.1, 0.15) is 5.78 Å². The van der Waals surface area contributed by atoms with Crippen LogP contribution in [0.2, 0.25) is 0 Å². The van der Waals surface area contributed by atoms with E-state index in [-0.39, 0.29) is 0 Å². The van der Waals surface area contributed by atoms with Crippen molar-refractivity contribution in [3.63, 3.8) is 0 Å². The summed E-state index contributed by atoms with van der Waals surface area (Å²) in [7, 11) is 2.13. The molecule has 2 aliphatic rings. The average Bonchev–Trinajstić information content (AvgIpc) is 3.58. The number of anilines is 3. The van der Waals surface area contributed by atoms with Crippen molar-refractivity contribution in [3.05, 3.63) is 40.9 Å². The van der Waals surface area contributed by atoms with Crippen LogP contribution in [0.1, 0.15) is 23.3 Å². The van der Waals surface area contributed by atoms with Crippen LogP contribution >= 0.6 is 23.1 Å². The molecule has 5 rings (SSSR count). The Morgan fingerprint density at radius 2 is 1.88 bits per heavy atom. The van der Waals surface area contributed by atoms with Crippen molar-refractivity contribution in [2.45, 2.75) is 36.2 Å². The Kier molecular flexibility index (Phi) is 6.57. The van der Waals surface area contributed by atoms with Gasteiger partial charge in [0.05, 0.1) is 0 Å². The molecule has 1 aromatic carbocycles. The largest absolute Gasteiger partial charge is 0.338 e. The van der Waals surface area contributed by atoms with Crippen molar-refractivity contribution in [1.29, 1.82) is 0 Å². The lowest BCUT2D eigenvalue weighted by molar-refractivity contribution is -0.119. The van der Waals surface area contributed by atoms with Gasteiger partial charge in [-0.05, 0) is 56.3 Å². The van der Waals surface area contributed by atoms with Crippen molar-refractivity contribution >= 4 is 45.9 Å². The first-order valence-electron chi connectivity index (χ1n) is 11.2. The van der Waals surface area contributed by atoms with Gasteiger partial charge in [-0.15, -0.1) is 11.3 Å². The molecular weight excluding hydrogens is 454 g/mol. The van der Waals surface area contributed by atoms with Crippen LogP contribution in [0.3, 0.4) is 0 Å². The lowest BCUT2D eigenvalue weighted by atomic mass is 10.1. The van der Waals surface area contributed by atoms with Gasteiger partial charge in [-0.25, -0.2) is 4.98 Å². The van der Waals surface area contributed by atoms with E-state index < -0.39 is 0 Å². The van der Waals surface area contributed by atoms with Gasteiger partial charge in [0.25, 0.3) is 0 Å². The van der Waals surface area contributed by atoms with Crippen molar-refractivity contribution in [1.82, 2.24) is 24.8 Å². The lowest BCUT2D eigenvalue weighted by Crippen LogP contribution is -2.45. The summed E-state index contributed by atoms with van der Waals surface area (Å²) in [5, 5.41) is 4.65. The molecule has 1 saturated heterocycles. The number of hydrogen-bond acceptors (Lipinski definition) is 10. The summed E-state index contributed by atoms with van der Waals surface area (Å²) >= 11 is 3.07. The van der Waals surface area contributed by atoms with Crippen molar-refractivity contribution in [2.24, 2.45) is 5.92 Å². The van der Waals surface area contributed by atoms with Crippen LogP contribution in [0.4, 0.5) is 17.0 Å². The molecule has 2 fully saturated rings. The fourth-order valence-corrected chi connectivity index (χ4v) is 5.04. The molecular formula is C23H27N7OS2. The molecule has 1 aliphatic heterocycles. The van der Waals surface area contributed by atoms with E-state index in [1.54, 1.807) is 11.3 Å². The zero-order valence-electron chi connectivity index (χ0n) is 18.8. The highest BCUT2D eigenvalue weighted by molar-refractivity contribution is 7.99. The van der Waals surface area contributed by atoms with Crippen LogP contribution in [-0.2, 0) is 11.2 Å². The number of thiazole rings is 1. The van der Waals surface area contributed by atoms with Crippen LogP contribution in [0.15, 0.2) is 40.5 Å². The van der Waals surface area contributed by atoms with E-state index in [0.717, 1.165) is 59.5 Å². The molecule has 3 heterocycles. The highest BCUT2D eigenvalue weighted by Gasteiger charge is 2.29. The van der Waals surface area contributed by atoms with E-state index in [2.05, 4.69) is 37.1 Å². The minimum absolute atomic E-state index is 0.296. The van der Waals surface area contributed by atoms with E-state index >= 15 is 0 Å². The number of carbonyl (C=O) groups is 1. The molecule has 172 valence electrons. The van der Waals surface area contributed by atoms with Gasteiger partial charge in [-0.2, -0.15) is 15.0 Å². The Morgan fingerprint density at radius 1 is 1.12 bits per heavy atom. The molecule has 1 N–H and O–H groups in total. The van der Waals surface area contributed by atoms with Gasteiger partial charge in [0, 0.05) is 54.5 Å². The number of piperazine rings is 1. The molecule has 0 atom stereocenters. The van der Waals surface area contributed by atoms with Gasteiger partial charge >= 0.3 is 0 Å². The molecule has 0 bridgehead atoms. The maximum atomic E-state index is 12.1. The predicted molar refractivity (Wildman–Crippen MR) is 132 cm³/mol. The second kappa shape index (κ2) is 9.74. The van der Waals surface area contributed by atoms with Crippen LogP contribution in [-0.4, -0.2) is 63.8 Å². The van der Waals surface area contributed by atoms with Crippen molar-refractivity contribution < 1.29 is 4.79 Å². The smallest absolute Gasteiger partial charge is 0.234 e. The fourth-order valence-electron chi connectivity index (χ4n) is 3.64. The zero-order valence-corrected chi connectivity index (χ0v) is 20.5. The summed E-state index contributed by atoms with van der Waals surface area (Å²) in [5.74, 6) is 1.84. The molecule has 0 spiro atoms. The third-order valence-electron chi connectivity index (χ3n) is 5.77. The third kappa shape index (κ3) is 5.87. The maximum absolute atomic E-state index is 12.1. The van der Waals surface area contributed by atoms with Crippen molar-refractivity contribution in [2.75, 3.05) is 43.4 Å². The molecule has 0 radical (unpaired) electrons. The van der Waals surface area contributed by atoms with E-state index in [0.29, 0.717) is 35.2 Å². The minimum Gasteiger partial charge on any atom is -0.338 e. The summed E-state index contributed by atoms with van der Waals surface area (Å²) in [5.41, 5.74) is 1.06. The highest BCUT2D eigenvalue weighted by Crippen LogP contribution is 2.32. The zero-order chi connectivity index (χ0) is 22.8. The summed E-state index contributed by atoms with van der Waals surface area (Å²) in [6.45, 7) is 5.73. The number of aryl methyl sites for hydroxylation is 1. The van der Waals surface area contributed by atoms with Crippen LogP contribution < -0.4 is 10.2 Å². The van der Waals surface area contributed by atoms with Gasteiger partial charge in [-0.3, -0.25) is 10.1 Å². The summed E-state index contributed by atoms with van der Waals surface area (Å²) in [6.07, 6.45) is 4.47. The number of benzene rings is 1. The molecule has 0 unspecified atom stereocenters. The van der Waals surface area contributed by atoms with E-state index in [9.17, 15) is 4.79 Å². The molecule has 10 heteroatoms. The fraction of sp³-hybridized carbons (Fsp3) is 0.435. The number of carbonyl (C=O) groups excluding carboxylic acids is 1. The molecule has 0 amide bonds. The van der Waals surface area contributed by atoms with Crippen molar-refractivity contribution in [3.8, 4) is 0 Å². The second-order valence-electron chi connectivity index (χ2n) is 8.60. The highest BCUT2D eigenvalue weighted by atomic mass is 32.2. The third-order valence-corrected chi connectivity index (χ3v) is 7.47. The van der Waals surface area contributed by atoms with E-state index in [1.165, 1.54) is 11.8 Å². The number of aromatic nitrogens is 4.